The first kappa shape index (κ1) is 21.1. The number of ketones is 1. The van der Waals surface area contributed by atoms with Crippen LogP contribution in [0.3, 0.4) is 0 Å². The van der Waals surface area contributed by atoms with Gasteiger partial charge in [0.2, 0.25) is 0 Å². The Morgan fingerprint density at radius 2 is 1.97 bits per heavy atom. The van der Waals surface area contributed by atoms with E-state index >= 15 is 0 Å². The molecule has 1 heterocycles. The molecular weight excluding hydrogens is 388 g/mol. The number of rotatable bonds is 2. The van der Waals surface area contributed by atoms with Crippen molar-refractivity contribution in [2.24, 2.45) is 22.7 Å². The molecule has 30 heavy (non-hydrogen) atoms. The van der Waals surface area contributed by atoms with Crippen LogP contribution in [-0.2, 0) is 30.3 Å². The lowest BCUT2D eigenvalue weighted by Crippen LogP contribution is -2.73. The maximum atomic E-state index is 13.4. The summed E-state index contributed by atoms with van der Waals surface area (Å²) in [6.45, 7) is 7.06. The predicted octanol–water partition coefficient (Wildman–Crippen LogP) is 2.79. The van der Waals surface area contributed by atoms with Crippen LogP contribution in [0.1, 0.15) is 64.2 Å². The highest BCUT2D eigenvalue weighted by molar-refractivity contribution is 5.89. The van der Waals surface area contributed by atoms with E-state index in [4.69, 9.17) is 13.9 Å². The van der Waals surface area contributed by atoms with Crippen LogP contribution < -0.4 is 0 Å². The zero-order chi connectivity index (χ0) is 22.1. The molecule has 4 rings (SSSR count). The molecule has 0 spiro atoms. The van der Waals surface area contributed by atoms with Gasteiger partial charge in [-0.3, -0.25) is 14.4 Å². The van der Waals surface area contributed by atoms with Gasteiger partial charge in [-0.25, -0.2) is 0 Å². The van der Waals surface area contributed by atoms with Crippen molar-refractivity contribution in [3.63, 3.8) is 0 Å². The Bertz CT molecular complexity index is 899. The predicted molar refractivity (Wildman–Crippen MR) is 105 cm³/mol. The molecule has 1 aromatic rings. The molecule has 3 aliphatic carbocycles. The van der Waals surface area contributed by atoms with Gasteiger partial charge in [-0.2, -0.15) is 0 Å². The normalized spacial score (nSPS) is 39.3. The molecular formula is C23H30O7. The number of fused-ring (bicyclic) bond motifs is 4. The summed E-state index contributed by atoms with van der Waals surface area (Å²) in [5, 5.41) is 12.1. The highest BCUT2D eigenvalue weighted by Gasteiger charge is 2.72. The highest BCUT2D eigenvalue weighted by Crippen LogP contribution is 2.66. The molecule has 1 aromatic heterocycles. The third kappa shape index (κ3) is 2.57. The van der Waals surface area contributed by atoms with Crippen LogP contribution in [-0.4, -0.2) is 41.6 Å². The summed E-state index contributed by atoms with van der Waals surface area (Å²) in [5.74, 6) is -1.99. The maximum absolute atomic E-state index is 13.4. The molecule has 7 heteroatoms. The zero-order valence-electron chi connectivity index (χ0n) is 18.2. The van der Waals surface area contributed by atoms with E-state index in [1.807, 2.05) is 20.8 Å². The van der Waals surface area contributed by atoms with Crippen molar-refractivity contribution < 1.29 is 33.4 Å². The van der Waals surface area contributed by atoms with Gasteiger partial charge in [-0.1, -0.05) is 13.8 Å². The molecule has 6 atom stereocenters. The van der Waals surface area contributed by atoms with Crippen LogP contribution in [0.5, 0.6) is 0 Å². The fourth-order valence-corrected chi connectivity index (χ4v) is 6.63. The lowest BCUT2D eigenvalue weighted by atomic mass is 9.40. The van der Waals surface area contributed by atoms with Gasteiger partial charge in [0, 0.05) is 37.7 Å². The number of carbonyl (C=O) groups excluding carboxylic acids is 3. The average Bonchev–Trinajstić information content (AvgIpc) is 3.14. The number of esters is 2. The van der Waals surface area contributed by atoms with Gasteiger partial charge >= 0.3 is 11.9 Å². The first-order valence-corrected chi connectivity index (χ1v) is 10.5. The zero-order valence-corrected chi connectivity index (χ0v) is 18.2. The molecule has 3 aliphatic rings. The van der Waals surface area contributed by atoms with E-state index in [2.05, 4.69) is 0 Å². The van der Waals surface area contributed by atoms with E-state index < -0.39 is 52.2 Å². The summed E-state index contributed by atoms with van der Waals surface area (Å²) in [7, 11) is 1.32. The molecule has 0 saturated heterocycles. The Labute approximate surface area is 176 Å². The van der Waals surface area contributed by atoms with Crippen LogP contribution in [0.2, 0.25) is 0 Å². The minimum Gasteiger partial charge on any atom is -0.469 e. The van der Waals surface area contributed by atoms with E-state index in [-0.39, 0.29) is 12.2 Å². The number of furan rings is 1. The van der Waals surface area contributed by atoms with Crippen molar-refractivity contribution in [2.75, 3.05) is 7.11 Å². The summed E-state index contributed by atoms with van der Waals surface area (Å²) in [6, 6.07) is 1.74. The van der Waals surface area contributed by atoms with Crippen LogP contribution in [0.4, 0.5) is 0 Å². The highest BCUT2D eigenvalue weighted by atomic mass is 16.5. The molecule has 7 nitrogen and oxygen atoms in total. The lowest BCUT2D eigenvalue weighted by molar-refractivity contribution is -0.254. The van der Waals surface area contributed by atoms with Crippen LogP contribution in [0.25, 0.3) is 0 Å². The average molecular weight is 418 g/mol. The van der Waals surface area contributed by atoms with E-state index in [1.165, 1.54) is 20.3 Å². The summed E-state index contributed by atoms with van der Waals surface area (Å²) in [5.41, 5.74) is -2.35. The Balaban J connectivity index is 1.95. The first-order valence-electron chi connectivity index (χ1n) is 10.5. The van der Waals surface area contributed by atoms with Crippen LogP contribution >= 0.6 is 0 Å². The molecule has 164 valence electrons. The number of hydrogen-bond donors (Lipinski definition) is 1. The van der Waals surface area contributed by atoms with Crippen LogP contribution in [0.15, 0.2) is 16.7 Å². The topological polar surface area (TPSA) is 103 Å². The second kappa shape index (κ2) is 6.67. The minimum absolute atomic E-state index is 0.0146. The maximum Gasteiger partial charge on any atom is 0.313 e. The second-order valence-corrected chi connectivity index (χ2v) is 9.91. The van der Waals surface area contributed by atoms with Gasteiger partial charge in [-0.15, -0.1) is 0 Å². The van der Waals surface area contributed by atoms with Crippen molar-refractivity contribution in [2.45, 2.75) is 71.0 Å². The molecule has 0 radical (unpaired) electrons. The second-order valence-electron chi connectivity index (χ2n) is 9.91. The van der Waals surface area contributed by atoms with Crippen molar-refractivity contribution in [3.05, 3.63) is 23.7 Å². The van der Waals surface area contributed by atoms with Gasteiger partial charge in [0.25, 0.3) is 0 Å². The third-order valence-electron chi connectivity index (χ3n) is 8.34. The molecule has 0 bridgehead atoms. The van der Waals surface area contributed by atoms with E-state index in [9.17, 15) is 19.5 Å². The molecule has 2 fully saturated rings. The van der Waals surface area contributed by atoms with E-state index in [0.717, 1.165) is 0 Å². The number of aliphatic hydroxyl groups is 1. The smallest absolute Gasteiger partial charge is 0.313 e. The Hall–Kier alpha value is -2.15. The number of methoxy groups -OCH3 is 1. The number of Topliss-reactive ketones (excluding diaryl/α,β-unsaturated/α-hetero) is 1. The van der Waals surface area contributed by atoms with Crippen molar-refractivity contribution in [1.82, 2.24) is 0 Å². The number of hydrogen-bond acceptors (Lipinski definition) is 7. The number of ether oxygens (including phenoxy) is 2. The molecule has 2 unspecified atom stereocenters. The Morgan fingerprint density at radius 1 is 1.27 bits per heavy atom. The fourth-order valence-electron chi connectivity index (χ4n) is 6.63. The summed E-state index contributed by atoms with van der Waals surface area (Å²) < 4.78 is 16.5. The van der Waals surface area contributed by atoms with Crippen LogP contribution in [0, 0.1) is 22.7 Å². The van der Waals surface area contributed by atoms with Gasteiger partial charge in [-0.05, 0) is 30.7 Å². The summed E-state index contributed by atoms with van der Waals surface area (Å²) in [4.78, 5) is 38.3. The van der Waals surface area contributed by atoms with Gasteiger partial charge in [0.05, 0.1) is 30.3 Å². The molecule has 0 aromatic carbocycles. The van der Waals surface area contributed by atoms with Gasteiger partial charge in [0.15, 0.2) is 0 Å². The SMILES string of the molecule is COC(=O)C1c2ccoc2C[C@H]2[C@H]1C(OC(C)=O)C[C@@]1(O)C(C)(C)CCC(=O)[C@]21C. The third-order valence-corrected chi connectivity index (χ3v) is 8.34. The van der Waals surface area contributed by atoms with Crippen molar-refractivity contribution in [1.29, 1.82) is 0 Å². The monoisotopic (exact) mass is 418 g/mol. The Kier molecular flexibility index (Phi) is 4.69. The fraction of sp³-hybridized carbons (Fsp3) is 0.696. The van der Waals surface area contributed by atoms with Gasteiger partial charge < -0.3 is 19.0 Å². The first-order chi connectivity index (χ1) is 14.0. The molecule has 1 N–H and O–H groups in total. The molecule has 0 aliphatic heterocycles. The summed E-state index contributed by atoms with van der Waals surface area (Å²) >= 11 is 0. The molecule has 2 saturated carbocycles. The van der Waals surface area contributed by atoms with Crippen molar-refractivity contribution >= 4 is 17.7 Å². The molecule has 0 amide bonds. The van der Waals surface area contributed by atoms with E-state index in [0.29, 0.717) is 30.6 Å². The quantitative estimate of drug-likeness (QED) is 0.737. The Morgan fingerprint density at radius 3 is 2.60 bits per heavy atom. The summed E-state index contributed by atoms with van der Waals surface area (Å²) in [6.07, 6.45) is 2.21. The number of carbonyl (C=O) groups is 3. The van der Waals surface area contributed by atoms with Gasteiger partial charge in [0.1, 0.15) is 17.6 Å². The van der Waals surface area contributed by atoms with E-state index in [1.54, 1.807) is 6.07 Å². The largest absolute Gasteiger partial charge is 0.469 e. The standard InChI is InChI=1S/C23H30O7/c1-12(24)30-16-11-23(27)21(2,3)8-6-17(25)22(23,4)14-10-15-13(7-9-29-15)18(19(14)16)20(26)28-5/h7,9,14,16,18-19,27H,6,8,10-11H2,1-5H3/t14-,16?,18?,19-,22-,23+/m0/s1. The minimum atomic E-state index is -1.39. The van der Waals surface area contributed by atoms with Crippen molar-refractivity contribution in [3.8, 4) is 0 Å². The lowest BCUT2D eigenvalue weighted by Gasteiger charge is -2.65.